The second-order valence-corrected chi connectivity index (χ2v) is 13.3. The molecular weight excluding hydrogens is 594 g/mol. The Balaban J connectivity index is 1.19. The Morgan fingerprint density at radius 1 is 1.07 bits per heavy atom. The van der Waals surface area contributed by atoms with Crippen LogP contribution in [-0.2, 0) is 27.7 Å². The third-order valence-corrected chi connectivity index (χ3v) is 10.1. The van der Waals surface area contributed by atoms with Gasteiger partial charge in [0.2, 0.25) is 10.0 Å². The zero-order valence-corrected chi connectivity index (χ0v) is 25.1. The van der Waals surface area contributed by atoms with Crippen LogP contribution in [0.15, 0.2) is 41.3 Å². The number of benzene rings is 2. The Labute approximate surface area is 254 Å². The molecule has 11 nitrogen and oxygen atoms in total. The van der Waals surface area contributed by atoms with E-state index in [1.54, 1.807) is 12.1 Å². The van der Waals surface area contributed by atoms with Crippen molar-refractivity contribution in [1.82, 2.24) is 19.4 Å². The van der Waals surface area contributed by atoms with Crippen molar-refractivity contribution in [2.24, 2.45) is 0 Å². The molecule has 236 valence electrons. The number of ether oxygens (including phenoxy) is 2. The van der Waals surface area contributed by atoms with Crippen LogP contribution in [0.5, 0.6) is 5.75 Å². The second kappa shape index (κ2) is 13.2. The SMILES string of the molecule is O=C(Nc1n[nH]c2c1CN(S(=O)(=O)c1cc(F)cc(F)c1)CC2)c1ccc(OCCN2CCCC2)cc1NC1CCOCC1. The summed E-state index contributed by atoms with van der Waals surface area (Å²) < 4.78 is 66.7. The molecule has 1 aromatic heterocycles. The first-order valence-corrected chi connectivity index (χ1v) is 16.4. The number of likely N-dealkylation sites (tertiary alicyclic amines) is 1. The van der Waals surface area contributed by atoms with Gasteiger partial charge >= 0.3 is 0 Å². The standard InChI is InChI=1S/C30H36F2N6O5S/c31-20-15-21(32)17-24(16-20)44(40,41)38-10-5-27-26(19-38)29(36-35-27)34-30(39)25-4-3-23(43-14-11-37-8-1-2-9-37)18-28(25)33-22-6-12-42-13-7-22/h3-4,15-18,22,33H,1-2,5-14,19H2,(H2,34,35,36,39). The number of nitrogens with one attached hydrogen (secondary N) is 3. The number of aromatic nitrogens is 2. The van der Waals surface area contributed by atoms with Crippen LogP contribution < -0.4 is 15.4 Å². The number of carbonyl (C=O) groups is 1. The molecule has 3 N–H and O–H groups in total. The zero-order chi connectivity index (χ0) is 30.7. The van der Waals surface area contributed by atoms with E-state index in [0.717, 1.165) is 48.9 Å². The van der Waals surface area contributed by atoms with Gasteiger partial charge in [0.05, 0.1) is 16.1 Å². The van der Waals surface area contributed by atoms with E-state index in [9.17, 15) is 22.0 Å². The molecule has 0 aliphatic carbocycles. The van der Waals surface area contributed by atoms with Gasteiger partial charge in [0, 0.05) is 68.7 Å². The highest BCUT2D eigenvalue weighted by atomic mass is 32.2. The molecule has 3 aliphatic rings. The van der Waals surface area contributed by atoms with Crippen LogP contribution in [0.1, 0.15) is 47.3 Å². The summed E-state index contributed by atoms with van der Waals surface area (Å²) in [6.45, 7) is 4.78. The fraction of sp³-hybridized carbons (Fsp3) is 0.467. The van der Waals surface area contributed by atoms with Crippen molar-refractivity contribution in [1.29, 1.82) is 0 Å². The van der Waals surface area contributed by atoms with E-state index in [1.807, 2.05) is 6.07 Å². The van der Waals surface area contributed by atoms with Gasteiger partial charge in [-0.2, -0.15) is 9.40 Å². The fourth-order valence-electron chi connectivity index (χ4n) is 5.87. The quantitative estimate of drug-likeness (QED) is 0.309. The van der Waals surface area contributed by atoms with Crippen molar-refractivity contribution in [3.05, 3.63) is 64.9 Å². The lowest BCUT2D eigenvalue weighted by Gasteiger charge is -2.27. The number of aromatic amines is 1. The average molecular weight is 631 g/mol. The highest BCUT2D eigenvalue weighted by molar-refractivity contribution is 7.89. The smallest absolute Gasteiger partial charge is 0.258 e. The van der Waals surface area contributed by atoms with Crippen molar-refractivity contribution in [2.75, 3.05) is 56.6 Å². The molecule has 14 heteroatoms. The first-order chi connectivity index (χ1) is 21.3. The van der Waals surface area contributed by atoms with Gasteiger partial charge in [-0.25, -0.2) is 17.2 Å². The Bertz CT molecular complexity index is 1580. The average Bonchev–Trinajstić information content (AvgIpc) is 3.67. The topological polar surface area (TPSA) is 129 Å². The maximum Gasteiger partial charge on any atom is 0.258 e. The fourth-order valence-corrected chi connectivity index (χ4v) is 7.32. The third kappa shape index (κ3) is 6.88. The van der Waals surface area contributed by atoms with E-state index < -0.39 is 32.5 Å². The van der Waals surface area contributed by atoms with E-state index in [-0.39, 0.29) is 31.4 Å². The molecule has 0 radical (unpaired) electrons. The van der Waals surface area contributed by atoms with Gasteiger partial charge in [0.25, 0.3) is 5.91 Å². The molecule has 6 rings (SSSR count). The van der Waals surface area contributed by atoms with Gasteiger partial charge in [0.15, 0.2) is 5.82 Å². The number of hydrogen-bond acceptors (Lipinski definition) is 8. The molecule has 3 aliphatic heterocycles. The number of fused-ring (bicyclic) bond motifs is 1. The van der Waals surface area contributed by atoms with Crippen LogP contribution in [0.3, 0.4) is 0 Å². The summed E-state index contributed by atoms with van der Waals surface area (Å²) in [5, 5.41) is 13.5. The van der Waals surface area contributed by atoms with E-state index in [1.165, 1.54) is 12.8 Å². The van der Waals surface area contributed by atoms with Gasteiger partial charge in [0.1, 0.15) is 24.0 Å². The Morgan fingerprint density at radius 3 is 2.57 bits per heavy atom. The summed E-state index contributed by atoms with van der Waals surface area (Å²) in [5.74, 6) is -1.54. The van der Waals surface area contributed by atoms with Crippen LogP contribution in [0.4, 0.5) is 20.3 Å². The second-order valence-electron chi connectivity index (χ2n) is 11.3. The maximum absolute atomic E-state index is 13.8. The minimum absolute atomic E-state index is 0.0848. The highest BCUT2D eigenvalue weighted by Crippen LogP contribution is 2.31. The largest absolute Gasteiger partial charge is 0.492 e. The molecule has 0 spiro atoms. The van der Waals surface area contributed by atoms with Crippen molar-refractivity contribution in [3.8, 4) is 5.75 Å². The molecular formula is C30H36F2N6O5S. The van der Waals surface area contributed by atoms with Gasteiger partial charge in [-0.1, -0.05) is 0 Å². The molecule has 0 unspecified atom stereocenters. The van der Waals surface area contributed by atoms with Crippen LogP contribution in [-0.4, -0.2) is 85.8 Å². The molecule has 1 amide bonds. The van der Waals surface area contributed by atoms with E-state index in [0.29, 0.717) is 54.1 Å². The number of amides is 1. The highest BCUT2D eigenvalue weighted by Gasteiger charge is 2.32. The minimum atomic E-state index is -4.20. The summed E-state index contributed by atoms with van der Waals surface area (Å²) in [4.78, 5) is 15.5. The van der Waals surface area contributed by atoms with Crippen LogP contribution >= 0.6 is 0 Å². The van der Waals surface area contributed by atoms with Crippen molar-refractivity contribution in [2.45, 2.75) is 49.6 Å². The lowest BCUT2D eigenvalue weighted by Crippen LogP contribution is -2.36. The van der Waals surface area contributed by atoms with Crippen LogP contribution in [0.25, 0.3) is 0 Å². The molecule has 4 heterocycles. The number of H-pyrrole nitrogens is 1. The number of nitrogens with zero attached hydrogens (tertiary/aromatic N) is 3. The summed E-state index contributed by atoms with van der Waals surface area (Å²) in [7, 11) is -4.20. The summed E-state index contributed by atoms with van der Waals surface area (Å²) >= 11 is 0. The Kier molecular flexibility index (Phi) is 9.12. The molecule has 0 atom stereocenters. The first kappa shape index (κ1) is 30.4. The van der Waals surface area contributed by atoms with E-state index in [4.69, 9.17) is 9.47 Å². The third-order valence-electron chi connectivity index (χ3n) is 8.30. The number of hydrogen-bond donors (Lipinski definition) is 3. The van der Waals surface area contributed by atoms with Gasteiger partial charge in [-0.05, 0) is 63.0 Å². The summed E-state index contributed by atoms with van der Waals surface area (Å²) in [5.41, 5.74) is 2.18. The van der Waals surface area contributed by atoms with Crippen LogP contribution in [0, 0.1) is 11.6 Å². The monoisotopic (exact) mass is 630 g/mol. The molecule has 0 bridgehead atoms. The van der Waals surface area contributed by atoms with E-state index >= 15 is 0 Å². The van der Waals surface area contributed by atoms with E-state index in [2.05, 4.69) is 25.7 Å². The van der Waals surface area contributed by atoms with Gasteiger partial charge in [-0.3, -0.25) is 14.8 Å². The molecule has 2 aromatic carbocycles. The number of halogens is 2. The normalized spacial score (nSPS) is 18.2. The number of rotatable bonds is 10. The number of anilines is 2. The number of sulfonamides is 1. The lowest BCUT2D eigenvalue weighted by atomic mass is 10.1. The molecule has 44 heavy (non-hydrogen) atoms. The summed E-state index contributed by atoms with van der Waals surface area (Å²) in [6.07, 6.45) is 4.31. The van der Waals surface area contributed by atoms with Gasteiger partial charge in [-0.15, -0.1) is 0 Å². The van der Waals surface area contributed by atoms with Crippen LogP contribution in [0.2, 0.25) is 0 Å². The molecule has 2 saturated heterocycles. The maximum atomic E-state index is 13.8. The Morgan fingerprint density at radius 2 is 1.82 bits per heavy atom. The first-order valence-electron chi connectivity index (χ1n) is 14.9. The minimum Gasteiger partial charge on any atom is -0.492 e. The zero-order valence-electron chi connectivity index (χ0n) is 24.3. The lowest BCUT2D eigenvalue weighted by molar-refractivity contribution is 0.0904. The Hall–Kier alpha value is -3.59. The molecule has 3 aromatic rings. The predicted octanol–water partition coefficient (Wildman–Crippen LogP) is 3.75. The number of carbonyl (C=O) groups excluding carboxylic acids is 1. The van der Waals surface area contributed by atoms with Crippen molar-refractivity contribution < 1.29 is 31.5 Å². The molecule has 0 saturated carbocycles. The molecule has 2 fully saturated rings. The predicted molar refractivity (Wildman–Crippen MR) is 159 cm³/mol. The van der Waals surface area contributed by atoms with Crippen molar-refractivity contribution >= 4 is 27.4 Å². The summed E-state index contributed by atoms with van der Waals surface area (Å²) in [6, 6.07) is 7.63. The van der Waals surface area contributed by atoms with Gasteiger partial charge < -0.3 is 20.1 Å². The van der Waals surface area contributed by atoms with Crippen molar-refractivity contribution in [3.63, 3.8) is 0 Å².